The number of aromatic nitrogens is 1. The molecular formula is C13H11ClFN3OS. The maximum absolute atomic E-state index is 13.1. The van der Waals surface area contributed by atoms with Crippen molar-refractivity contribution >= 4 is 40.6 Å². The highest BCUT2D eigenvalue weighted by Gasteiger charge is 2.12. The Morgan fingerprint density at radius 3 is 3.05 bits per heavy atom. The second kappa shape index (κ2) is 6.58. The van der Waals surface area contributed by atoms with E-state index in [0.29, 0.717) is 17.4 Å². The van der Waals surface area contributed by atoms with Crippen molar-refractivity contribution in [3.63, 3.8) is 0 Å². The predicted octanol–water partition coefficient (Wildman–Crippen LogP) is 3.59. The van der Waals surface area contributed by atoms with Crippen LogP contribution in [0, 0.1) is 0 Å². The van der Waals surface area contributed by atoms with Crippen LogP contribution in [0.2, 0.25) is 5.02 Å². The van der Waals surface area contributed by atoms with Crippen LogP contribution in [0.3, 0.4) is 0 Å². The first-order valence-electron chi connectivity index (χ1n) is 6.45. The molecule has 7 heteroatoms. The number of thioether (sulfide) groups is 1. The second-order valence-electron chi connectivity index (χ2n) is 3.72. The summed E-state index contributed by atoms with van der Waals surface area (Å²) in [5, 5.41) is 2.74. The molecule has 0 unspecified atom stereocenters. The molecule has 1 aromatic carbocycles. The molecule has 0 aliphatic rings. The zero-order chi connectivity index (χ0) is 16.3. The Kier molecular flexibility index (Phi) is 3.95. The predicted molar refractivity (Wildman–Crippen MR) is 79.9 cm³/mol. The van der Waals surface area contributed by atoms with Gasteiger partial charge in [0.2, 0.25) is 0 Å². The van der Waals surface area contributed by atoms with Crippen LogP contribution in [0.4, 0.5) is 15.8 Å². The van der Waals surface area contributed by atoms with E-state index < -0.39 is 11.9 Å². The van der Waals surface area contributed by atoms with E-state index in [2.05, 4.69) is 10.3 Å². The van der Waals surface area contributed by atoms with Gasteiger partial charge in [0.15, 0.2) is 5.69 Å². The van der Waals surface area contributed by atoms with Gasteiger partial charge in [0.25, 0.3) is 5.91 Å². The Morgan fingerprint density at radius 2 is 2.35 bits per heavy atom. The van der Waals surface area contributed by atoms with Crippen LogP contribution >= 0.6 is 23.4 Å². The molecule has 0 radical (unpaired) electrons. The minimum absolute atomic E-state index is 0.0625. The lowest BCUT2D eigenvalue weighted by atomic mass is 10.2. The normalized spacial score (nSPS) is 12.5. The number of carbonyl (C=O) groups excluding carboxylic acids is 1. The lowest BCUT2D eigenvalue weighted by molar-refractivity contribution is 0.102. The quantitative estimate of drug-likeness (QED) is 0.846. The Bertz CT molecular complexity index is 712. The van der Waals surface area contributed by atoms with E-state index in [1.807, 2.05) is 0 Å². The van der Waals surface area contributed by atoms with Gasteiger partial charge < -0.3 is 11.1 Å². The number of nitrogens with two attached hydrogens (primary N) is 1. The Hall–Kier alpha value is -1.79. The van der Waals surface area contributed by atoms with E-state index in [4.69, 9.17) is 20.1 Å². The lowest BCUT2D eigenvalue weighted by Crippen LogP contribution is -2.15. The fraction of sp³-hybridized carbons (Fsp3) is 0.0769. The summed E-state index contributed by atoms with van der Waals surface area (Å²) in [7, 11) is 0. The topological polar surface area (TPSA) is 68.0 Å². The van der Waals surface area contributed by atoms with Gasteiger partial charge in [-0.25, -0.2) is 9.37 Å². The third-order valence-electron chi connectivity index (χ3n) is 2.39. The van der Waals surface area contributed by atoms with Crippen LogP contribution in [-0.2, 0) is 0 Å². The standard InChI is InChI=1S/C13H11ClFN3OS/c14-9-4-3-8(6-11(9)20-7-15)18-13(19)12-10(16)2-1-5-17-12/h1-6H,7,16H2,(H,18,19)/i7D2. The first-order chi connectivity index (χ1) is 10.3. The highest BCUT2D eigenvalue weighted by atomic mass is 35.5. The minimum Gasteiger partial charge on any atom is -0.397 e. The molecule has 1 amide bonds. The van der Waals surface area contributed by atoms with Crippen molar-refractivity contribution in [2.24, 2.45) is 0 Å². The fourth-order valence-electron chi connectivity index (χ4n) is 1.50. The number of pyridine rings is 1. The summed E-state index contributed by atoms with van der Waals surface area (Å²) in [5.74, 6) is -3.50. The minimum atomic E-state index is -2.97. The van der Waals surface area contributed by atoms with Crippen molar-refractivity contribution in [3.8, 4) is 0 Å². The number of hydrogen-bond acceptors (Lipinski definition) is 4. The van der Waals surface area contributed by atoms with Crippen LogP contribution in [0.25, 0.3) is 0 Å². The van der Waals surface area contributed by atoms with Gasteiger partial charge in [-0.05, 0) is 30.3 Å². The van der Waals surface area contributed by atoms with Crippen LogP contribution in [0.5, 0.6) is 0 Å². The Labute approximate surface area is 127 Å². The van der Waals surface area contributed by atoms with Crippen molar-refractivity contribution in [2.45, 2.75) is 4.90 Å². The monoisotopic (exact) mass is 313 g/mol. The smallest absolute Gasteiger partial charge is 0.276 e. The number of hydrogen-bond donors (Lipinski definition) is 2. The van der Waals surface area contributed by atoms with Crippen LogP contribution in [0.15, 0.2) is 41.4 Å². The van der Waals surface area contributed by atoms with E-state index in [1.54, 1.807) is 12.1 Å². The number of amides is 1. The number of rotatable bonds is 4. The summed E-state index contributed by atoms with van der Waals surface area (Å²) in [5.41, 5.74) is 6.28. The van der Waals surface area contributed by atoms with Gasteiger partial charge >= 0.3 is 0 Å². The van der Waals surface area contributed by atoms with Gasteiger partial charge in [0, 0.05) is 16.8 Å². The van der Waals surface area contributed by atoms with Gasteiger partial charge in [-0.15, -0.1) is 0 Å². The van der Waals surface area contributed by atoms with Crippen molar-refractivity contribution in [1.29, 1.82) is 0 Å². The number of halogens is 2. The van der Waals surface area contributed by atoms with E-state index in [1.165, 1.54) is 24.4 Å². The third kappa shape index (κ3) is 3.40. The molecular weight excluding hydrogens is 301 g/mol. The average Bonchev–Trinajstić information content (AvgIpc) is 2.41. The second-order valence-corrected chi connectivity index (χ2v) is 4.93. The van der Waals surface area contributed by atoms with E-state index >= 15 is 0 Å². The van der Waals surface area contributed by atoms with Crippen molar-refractivity contribution < 1.29 is 11.9 Å². The molecule has 2 rings (SSSR count). The zero-order valence-electron chi connectivity index (χ0n) is 12.1. The van der Waals surface area contributed by atoms with E-state index in [0.717, 1.165) is 0 Å². The van der Waals surface area contributed by atoms with E-state index in [9.17, 15) is 9.18 Å². The summed E-state index contributed by atoms with van der Waals surface area (Å²) in [6.07, 6.45) is 1.44. The number of benzene rings is 1. The van der Waals surface area contributed by atoms with Crippen LogP contribution in [-0.4, -0.2) is 16.8 Å². The van der Waals surface area contributed by atoms with E-state index in [-0.39, 0.29) is 21.3 Å². The summed E-state index contributed by atoms with van der Waals surface area (Å²) in [4.78, 5) is 16.1. The zero-order valence-corrected chi connectivity index (χ0v) is 11.6. The number of nitrogens with zero attached hydrogens (tertiary/aromatic N) is 1. The number of anilines is 2. The maximum Gasteiger partial charge on any atom is 0.276 e. The number of alkyl halides is 1. The molecule has 1 heterocycles. The highest BCUT2D eigenvalue weighted by Crippen LogP contribution is 2.30. The van der Waals surface area contributed by atoms with Crippen molar-refractivity contribution in [2.75, 3.05) is 17.0 Å². The number of nitrogens with one attached hydrogen (secondary N) is 1. The molecule has 0 fully saturated rings. The van der Waals surface area contributed by atoms with Gasteiger partial charge in [-0.2, -0.15) is 0 Å². The molecule has 0 saturated heterocycles. The van der Waals surface area contributed by atoms with Gasteiger partial charge in [-0.3, -0.25) is 4.79 Å². The SMILES string of the molecule is [2H]C([2H])(F)Sc1cc(NC(=O)c2ncccc2N)ccc1Cl. The molecule has 0 aliphatic carbocycles. The molecule has 4 nitrogen and oxygen atoms in total. The number of nitrogen functional groups attached to an aromatic ring is 1. The van der Waals surface area contributed by atoms with Crippen molar-refractivity contribution in [1.82, 2.24) is 4.98 Å². The molecule has 0 saturated carbocycles. The molecule has 0 spiro atoms. The first kappa shape index (κ1) is 12.0. The highest BCUT2D eigenvalue weighted by molar-refractivity contribution is 7.99. The molecule has 0 aliphatic heterocycles. The van der Waals surface area contributed by atoms with Crippen LogP contribution in [0.1, 0.15) is 13.2 Å². The molecule has 0 atom stereocenters. The van der Waals surface area contributed by atoms with Gasteiger partial charge in [0.05, 0.1) is 13.5 Å². The van der Waals surface area contributed by atoms with Gasteiger partial charge in [0.1, 0.15) is 5.96 Å². The molecule has 3 N–H and O–H groups in total. The summed E-state index contributed by atoms with van der Waals surface area (Å²) in [6, 6.07) is 7.47. The maximum atomic E-state index is 13.1. The Morgan fingerprint density at radius 1 is 1.55 bits per heavy atom. The molecule has 0 bridgehead atoms. The molecule has 1 aromatic heterocycles. The molecule has 104 valence electrons. The lowest BCUT2D eigenvalue weighted by Gasteiger charge is -2.08. The molecule has 20 heavy (non-hydrogen) atoms. The summed E-state index contributed by atoms with van der Waals surface area (Å²) in [6.45, 7) is 0. The summed E-state index contributed by atoms with van der Waals surface area (Å²) < 4.78 is 27.0. The largest absolute Gasteiger partial charge is 0.397 e. The third-order valence-corrected chi connectivity index (χ3v) is 3.47. The van der Waals surface area contributed by atoms with Gasteiger partial charge in [-0.1, -0.05) is 23.4 Å². The van der Waals surface area contributed by atoms with Crippen molar-refractivity contribution in [3.05, 3.63) is 47.2 Å². The Balaban J connectivity index is 2.22. The average molecular weight is 314 g/mol. The summed E-state index contributed by atoms with van der Waals surface area (Å²) >= 11 is 6.19. The van der Waals surface area contributed by atoms with Crippen LogP contribution < -0.4 is 11.1 Å². The molecule has 2 aromatic rings. The number of carbonyl (C=O) groups is 1. The first-order valence-corrected chi connectivity index (χ1v) is 6.65. The fourth-order valence-corrected chi connectivity index (χ4v) is 2.17.